The van der Waals surface area contributed by atoms with Gasteiger partial charge >= 0.3 is 0 Å². The number of nitrogens with zero attached hydrogens (tertiary/aromatic N) is 2. The molecule has 1 aromatic carbocycles. The van der Waals surface area contributed by atoms with Crippen LogP contribution in [0.15, 0.2) is 77.1 Å². The molecule has 1 amide bonds. The fraction of sp³-hybridized carbons (Fsp3) is 0.346. The predicted molar refractivity (Wildman–Crippen MR) is 126 cm³/mol. The number of aliphatic hydroxyl groups is 1. The number of rotatable bonds is 5. The van der Waals surface area contributed by atoms with Gasteiger partial charge in [0.2, 0.25) is 0 Å². The Morgan fingerprint density at radius 3 is 2.59 bits per heavy atom. The molecule has 1 aliphatic heterocycles. The maximum Gasteiger partial charge on any atom is 0.275 e. The molecule has 4 rings (SSSR count). The summed E-state index contributed by atoms with van der Waals surface area (Å²) in [5, 5.41) is 18.6. The maximum absolute atomic E-state index is 12.4. The van der Waals surface area contributed by atoms with Crippen molar-refractivity contribution < 1.29 is 14.7 Å². The number of hydrazone groups is 1. The molecule has 166 valence electrons. The van der Waals surface area contributed by atoms with E-state index in [2.05, 4.69) is 46.9 Å². The molecule has 3 aliphatic rings. The number of hydrogen-bond acceptors (Lipinski definition) is 5. The SMILES string of the molecule is CNC(=O)C1=NN(CC2(C3=CCC=C(c4ccccc4)C=C3)CCCC2)CC=C(O)C1=O. The minimum absolute atomic E-state index is 0.107. The number of carbonyl (C=O) groups is 2. The van der Waals surface area contributed by atoms with Crippen LogP contribution in [0.1, 0.15) is 37.7 Å². The van der Waals surface area contributed by atoms with Crippen LogP contribution in [0.2, 0.25) is 0 Å². The van der Waals surface area contributed by atoms with Crippen molar-refractivity contribution >= 4 is 23.0 Å². The van der Waals surface area contributed by atoms with Gasteiger partial charge < -0.3 is 10.4 Å². The fourth-order valence-electron chi connectivity index (χ4n) is 4.81. The van der Waals surface area contributed by atoms with Gasteiger partial charge in [0.1, 0.15) is 0 Å². The molecule has 6 heteroatoms. The first kappa shape index (κ1) is 21.8. The Bertz CT molecular complexity index is 1040. The van der Waals surface area contributed by atoms with Gasteiger partial charge in [0, 0.05) is 19.0 Å². The van der Waals surface area contributed by atoms with Crippen LogP contribution >= 0.6 is 0 Å². The van der Waals surface area contributed by atoms with E-state index in [1.165, 1.54) is 29.8 Å². The Labute approximate surface area is 188 Å². The highest BCUT2D eigenvalue weighted by atomic mass is 16.3. The van der Waals surface area contributed by atoms with Crippen LogP contribution < -0.4 is 5.32 Å². The van der Waals surface area contributed by atoms with Crippen molar-refractivity contribution in [2.75, 3.05) is 20.1 Å². The lowest BCUT2D eigenvalue weighted by Gasteiger charge is -2.35. The molecule has 6 nitrogen and oxygen atoms in total. The lowest BCUT2D eigenvalue weighted by atomic mass is 9.77. The van der Waals surface area contributed by atoms with Gasteiger partial charge in [-0.15, -0.1) is 0 Å². The van der Waals surface area contributed by atoms with Crippen LogP contribution in [0.4, 0.5) is 0 Å². The normalized spacial score (nSPS) is 20.5. The van der Waals surface area contributed by atoms with Gasteiger partial charge in [0.05, 0.1) is 6.54 Å². The van der Waals surface area contributed by atoms with E-state index < -0.39 is 17.4 Å². The predicted octanol–water partition coefficient (Wildman–Crippen LogP) is 3.95. The number of carbonyl (C=O) groups excluding carboxylic acids is 2. The van der Waals surface area contributed by atoms with E-state index in [0.29, 0.717) is 6.54 Å². The Morgan fingerprint density at radius 1 is 1.12 bits per heavy atom. The van der Waals surface area contributed by atoms with Crippen LogP contribution in [0, 0.1) is 5.41 Å². The Hall–Kier alpha value is -3.41. The van der Waals surface area contributed by atoms with Crippen LogP contribution in [0.5, 0.6) is 0 Å². The lowest BCUT2D eigenvalue weighted by molar-refractivity contribution is -0.117. The third-order valence-electron chi connectivity index (χ3n) is 6.51. The highest BCUT2D eigenvalue weighted by Crippen LogP contribution is 2.46. The van der Waals surface area contributed by atoms with Crippen molar-refractivity contribution in [3.63, 3.8) is 0 Å². The first-order chi connectivity index (χ1) is 15.5. The van der Waals surface area contributed by atoms with E-state index in [4.69, 9.17) is 0 Å². The zero-order valence-corrected chi connectivity index (χ0v) is 18.4. The van der Waals surface area contributed by atoms with Crippen LogP contribution in [-0.4, -0.2) is 47.7 Å². The first-order valence-electron chi connectivity index (χ1n) is 11.2. The summed E-state index contributed by atoms with van der Waals surface area (Å²) in [6.45, 7) is 0.867. The molecule has 0 aromatic heterocycles. The number of ketones is 1. The van der Waals surface area contributed by atoms with E-state index in [1.807, 2.05) is 18.2 Å². The van der Waals surface area contributed by atoms with E-state index in [-0.39, 0.29) is 17.7 Å². The Kier molecular flexibility index (Phi) is 6.40. The van der Waals surface area contributed by atoms with Crippen molar-refractivity contribution in [3.8, 4) is 0 Å². The lowest BCUT2D eigenvalue weighted by Crippen LogP contribution is -2.38. The van der Waals surface area contributed by atoms with Gasteiger partial charge in [-0.25, -0.2) is 0 Å². The number of aliphatic hydroxyl groups excluding tert-OH is 1. The molecule has 0 bridgehead atoms. The fourth-order valence-corrected chi connectivity index (χ4v) is 4.81. The topological polar surface area (TPSA) is 82.0 Å². The molecule has 0 atom stereocenters. The first-order valence-corrected chi connectivity index (χ1v) is 11.2. The Morgan fingerprint density at radius 2 is 1.88 bits per heavy atom. The largest absolute Gasteiger partial charge is 0.504 e. The molecule has 2 aliphatic carbocycles. The van der Waals surface area contributed by atoms with E-state index in [0.717, 1.165) is 32.1 Å². The molecule has 1 heterocycles. The van der Waals surface area contributed by atoms with E-state index in [1.54, 1.807) is 5.01 Å². The average molecular weight is 432 g/mol. The number of hydrogen-bond donors (Lipinski definition) is 2. The standard InChI is InChI=1S/C26H29N3O3/c1-27-25(32)23-24(31)22(30)14-17-29(28-23)18-26(15-5-6-16-26)21-11-7-10-20(12-13-21)19-8-3-2-4-9-19/h2-4,8-14,30H,5-7,15-18H2,1H3,(H,27,32). The number of nitrogens with one attached hydrogen (secondary N) is 1. The third-order valence-corrected chi connectivity index (χ3v) is 6.51. The minimum atomic E-state index is -0.738. The summed E-state index contributed by atoms with van der Waals surface area (Å²) >= 11 is 0. The second-order valence-electron chi connectivity index (χ2n) is 8.53. The molecule has 1 fully saturated rings. The number of benzene rings is 1. The van der Waals surface area contributed by atoms with E-state index in [9.17, 15) is 14.7 Å². The summed E-state index contributed by atoms with van der Waals surface area (Å²) in [4.78, 5) is 24.6. The van der Waals surface area contributed by atoms with Crippen LogP contribution in [0.25, 0.3) is 5.57 Å². The summed E-state index contributed by atoms with van der Waals surface area (Å²) in [5.41, 5.74) is 3.30. The Balaban J connectivity index is 1.61. The summed E-state index contributed by atoms with van der Waals surface area (Å²) in [6.07, 6.45) is 15.5. The summed E-state index contributed by atoms with van der Waals surface area (Å²) in [7, 11) is 1.45. The average Bonchev–Trinajstić information content (AvgIpc) is 3.08. The molecule has 2 N–H and O–H groups in total. The molecule has 1 aromatic rings. The second kappa shape index (κ2) is 9.39. The molecular weight excluding hydrogens is 402 g/mol. The van der Waals surface area contributed by atoms with Gasteiger partial charge in [-0.05, 0) is 42.0 Å². The van der Waals surface area contributed by atoms with Crippen molar-refractivity contribution in [1.82, 2.24) is 10.3 Å². The van der Waals surface area contributed by atoms with Gasteiger partial charge in [0.15, 0.2) is 11.5 Å². The number of amides is 1. The van der Waals surface area contributed by atoms with Gasteiger partial charge in [0.25, 0.3) is 11.7 Å². The van der Waals surface area contributed by atoms with Crippen LogP contribution in [-0.2, 0) is 9.59 Å². The molecule has 0 saturated heterocycles. The van der Waals surface area contributed by atoms with Crippen LogP contribution in [0.3, 0.4) is 0 Å². The highest BCUT2D eigenvalue weighted by molar-refractivity contribution is 6.68. The molecule has 0 spiro atoms. The van der Waals surface area contributed by atoms with Gasteiger partial charge in [-0.2, -0.15) is 5.10 Å². The molecular formula is C26H29N3O3. The smallest absolute Gasteiger partial charge is 0.275 e. The van der Waals surface area contributed by atoms with E-state index >= 15 is 0 Å². The quantitative estimate of drug-likeness (QED) is 0.740. The maximum atomic E-state index is 12.4. The molecule has 0 unspecified atom stereocenters. The van der Waals surface area contributed by atoms with Crippen molar-refractivity contribution in [2.45, 2.75) is 32.1 Å². The molecule has 32 heavy (non-hydrogen) atoms. The zero-order chi connectivity index (χ0) is 22.6. The van der Waals surface area contributed by atoms with Gasteiger partial charge in [-0.3, -0.25) is 14.6 Å². The summed E-state index contributed by atoms with van der Waals surface area (Å²) in [6, 6.07) is 10.4. The second-order valence-corrected chi connectivity index (χ2v) is 8.53. The highest BCUT2D eigenvalue weighted by Gasteiger charge is 2.39. The monoisotopic (exact) mass is 431 g/mol. The molecule has 1 saturated carbocycles. The summed E-state index contributed by atoms with van der Waals surface area (Å²) in [5.74, 6) is -1.76. The summed E-state index contributed by atoms with van der Waals surface area (Å²) < 4.78 is 0. The van der Waals surface area contributed by atoms with Crippen molar-refractivity contribution in [1.29, 1.82) is 0 Å². The number of allylic oxidation sites excluding steroid dienone is 6. The molecule has 0 radical (unpaired) electrons. The minimum Gasteiger partial charge on any atom is -0.504 e. The number of Topliss-reactive ketones (excluding diaryl/α,β-unsaturated/α-hetero) is 1. The van der Waals surface area contributed by atoms with Crippen molar-refractivity contribution in [3.05, 3.63) is 77.6 Å². The van der Waals surface area contributed by atoms with Crippen molar-refractivity contribution in [2.24, 2.45) is 10.5 Å². The third kappa shape index (κ3) is 4.44. The zero-order valence-electron chi connectivity index (χ0n) is 18.4. The van der Waals surface area contributed by atoms with Gasteiger partial charge in [-0.1, -0.05) is 67.5 Å².